The first-order valence-electron chi connectivity index (χ1n) is 9.82. The molecule has 2 N–H and O–H groups in total. The number of para-hydroxylation sites is 1. The second-order valence-corrected chi connectivity index (χ2v) is 8.82. The highest BCUT2D eigenvalue weighted by atomic mass is 32.2. The number of rotatable bonds is 8. The van der Waals surface area contributed by atoms with Crippen molar-refractivity contribution in [2.24, 2.45) is 0 Å². The van der Waals surface area contributed by atoms with Crippen LogP contribution in [0.1, 0.15) is 24.1 Å². The van der Waals surface area contributed by atoms with Crippen LogP contribution < -0.4 is 14.8 Å². The number of halogens is 3. The molecule has 33 heavy (non-hydrogen) atoms. The molecule has 0 spiro atoms. The number of amides is 1. The molecule has 6 nitrogen and oxygen atoms in total. The molecule has 0 aromatic heterocycles. The molecular formula is C23H21F3N2O4S. The molecule has 0 fully saturated rings. The summed E-state index contributed by atoms with van der Waals surface area (Å²) in [7, 11) is -3.81. The van der Waals surface area contributed by atoms with Crippen LogP contribution in [0.5, 0.6) is 5.75 Å². The summed E-state index contributed by atoms with van der Waals surface area (Å²) in [5.74, 6) is -0.605. The minimum Gasteiger partial charge on any atom is -0.484 e. The zero-order valence-electron chi connectivity index (χ0n) is 17.5. The van der Waals surface area contributed by atoms with E-state index in [1.54, 1.807) is 6.92 Å². The van der Waals surface area contributed by atoms with Gasteiger partial charge in [0, 0.05) is 6.04 Å². The zero-order valence-corrected chi connectivity index (χ0v) is 18.3. The number of alkyl halides is 3. The van der Waals surface area contributed by atoms with E-state index in [1.165, 1.54) is 36.4 Å². The maximum Gasteiger partial charge on any atom is 0.418 e. The van der Waals surface area contributed by atoms with Gasteiger partial charge in [-0.1, -0.05) is 42.5 Å². The predicted molar refractivity (Wildman–Crippen MR) is 117 cm³/mol. The molecule has 0 bridgehead atoms. The highest BCUT2D eigenvalue weighted by Gasteiger charge is 2.33. The molecule has 3 aromatic rings. The molecule has 1 atom stereocenters. The van der Waals surface area contributed by atoms with E-state index in [0.717, 1.165) is 17.7 Å². The van der Waals surface area contributed by atoms with Crippen LogP contribution in [0.25, 0.3) is 0 Å². The molecule has 1 amide bonds. The average Bonchev–Trinajstić information content (AvgIpc) is 2.78. The molecule has 3 rings (SSSR count). The van der Waals surface area contributed by atoms with Gasteiger partial charge in [-0.3, -0.25) is 4.79 Å². The van der Waals surface area contributed by atoms with E-state index in [9.17, 15) is 26.4 Å². The van der Waals surface area contributed by atoms with Gasteiger partial charge in [0.15, 0.2) is 6.61 Å². The van der Waals surface area contributed by atoms with Crippen LogP contribution in [0, 0.1) is 0 Å². The van der Waals surface area contributed by atoms with Crippen molar-refractivity contribution in [3.8, 4) is 5.75 Å². The van der Waals surface area contributed by atoms with Crippen molar-refractivity contribution in [3.05, 3.63) is 90.0 Å². The van der Waals surface area contributed by atoms with Crippen molar-refractivity contribution in [2.45, 2.75) is 24.0 Å². The Bertz CT molecular complexity index is 1200. The standard InChI is InChI=1S/C23H21F3N2O4S/c1-16(17-7-3-2-4-8-17)28-33(30,31)19-13-11-18(12-14-19)32-15-22(29)27-21-10-6-5-9-20(21)23(24,25)26/h2-14,16,28H,15H2,1H3,(H,27,29)/t16-/m1/s1. The highest BCUT2D eigenvalue weighted by molar-refractivity contribution is 7.89. The summed E-state index contributed by atoms with van der Waals surface area (Å²) in [5, 5.41) is 2.17. The van der Waals surface area contributed by atoms with Crippen LogP contribution in [0.2, 0.25) is 0 Å². The Kier molecular flexibility index (Phi) is 7.39. The maximum atomic E-state index is 13.0. The van der Waals surface area contributed by atoms with Gasteiger partial charge in [0.25, 0.3) is 5.91 Å². The SMILES string of the molecule is C[C@@H](NS(=O)(=O)c1ccc(OCC(=O)Nc2ccccc2C(F)(F)F)cc1)c1ccccc1. The van der Waals surface area contributed by atoms with E-state index in [0.29, 0.717) is 0 Å². The van der Waals surface area contributed by atoms with Gasteiger partial charge in [0.2, 0.25) is 10.0 Å². The summed E-state index contributed by atoms with van der Waals surface area (Å²) in [5.41, 5.74) is -0.539. The third-order valence-corrected chi connectivity index (χ3v) is 6.20. The Balaban J connectivity index is 1.59. The van der Waals surface area contributed by atoms with Crippen molar-refractivity contribution in [1.82, 2.24) is 4.72 Å². The van der Waals surface area contributed by atoms with Crippen LogP contribution in [0.3, 0.4) is 0 Å². The first-order chi connectivity index (χ1) is 15.6. The summed E-state index contributed by atoms with van der Waals surface area (Å²) in [6, 6.07) is 18.6. The number of benzene rings is 3. The van der Waals surface area contributed by atoms with Crippen LogP contribution in [-0.2, 0) is 21.0 Å². The topological polar surface area (TPSA) is 84.5 Å². The normalized spacial score (nSPS) is 12.7. The molecule has 10 heteroatoms. The highest BCUT2D eigenvalue weighted by Crippen LogP contribution is 2.34. The van der Waals surface area contributed by atoms with Crippen molar-refractivity contribution in [3.63, 3.8) is 0 Å². The van der Waals surface area contributed by atoms with E-state index in [-0.39, 0.29) is 16.3 Å². The van der Waals surface area contributed by atoms with Gasteiger partial charge in [0.1, 0.15) is 5.75 Å². The fourth-order valence-electron chi connectivity index (χ4n) is 3.00. The van der Waals surface area contributed by atoms with Gasteiger partial charge in [-0.2, -0.15) is 13.2 Å². The third kappa shape index (κ3) is 6.56. The van der Waals surface area contributed by atoms with E-state index < -0.39 is 40.3 Å². The van der Waals surface area contributed by atoms with Crippen LogP contribution >= 0.6 is 0 Å². The van der Waals surface area contributed by atoms with Gasteiger partial charge in [-0.15, -0.1) is 0 Å². The predicted octanol–water partition coefficient (Wildman–Crippen LogP) is 4.76. The minimum atomic E-state index is -4.61. The Morgan fingerprint density at radius 2 is 1.55 bits per heavy atom. The molecule has 0 saturated heterocycles. The van der Waals surface area contributed by atoms with E-state index >= 15 is 0 Å². The second kappa shape index (κ2) is 10.1. The quantitative estimate of drug-likeness (QED) is 0.489. The van der Waals surface area contributed by atoms with E-state index in [2.05, 4.69) is 10.0 Å². The molecule has 0 aliphatic carbocycles. The van der Waals surface area contributed by atoms with Gasteiger partial charge >= 0.3 is 6.18 Å². The molecule has 174 valence electrons. The van der Waals surface area contributed by atoms with E-state index in [4.69, 9.17) is 4.74 Å². The molecule has 0 aliphatic heterocycles. The molecular weight excluding hydrogens is 457 g/mol. The van der Waals surface area contributed by atoms with Crippen molar-refractivity contribution in [2.75, 3.05) is 11.9 Å². The monoisotopic (exact) mass is 478 g/mol. The number of carbonyl (C=O) groups is 1. The number of ether oxygens (including phenoxy) is 1. The van der Waals surface area contributed by atoms with Crippen molar-refractivity contribution in [1.29, 1.82) is 0 Å². The summed E-state index contributed by atoms with van der Waals surface area (Å²) >= 11 is 0. The summed E-state index contributed by atoms with van der Waals surface area (Å²) in [6.07, 6.45) is -4.61. The van der Waals surface area contributed by atoms with Gasteiger partial charge in [0.05, 0.1) is 16.1 Å². The van der Waals surface area contributed by atoms with Gasteiger partial charge < -0.3 is 10.1 Å². The van der Waals surface area contributed by atoms with Gasteiger partial charge in [-0.05, 0) is 48.9 Å². The molecule has 3 aromatic carbocycles. The fourth-order valence-corrected chi connectivity index (χ4v) is 4.23. The Morgan fingerprint density at radius 3 is 2.18 bits per heavy atom. The van der Waals surface area contributed by atoms with Crippen LogP contribution in [-0.4, -0.2) is 20.9 Å². The summed E-state index contributed by atoms with van der Waals surface area (Å²) in [4.78, 5) is 12.0. The number of nitrogens with one attached hydrogen (secondary N) is 2. The van der Waals surface area contributed by atoms with Crippen molar-refractivity contribution < 1.29 is 31.1 Å². The average molecular weight is 478 g/mol. The number of hydrogen-bond acceptors (Lipinski definition) is 4. The Morgan fingerprint density at radius 1 is 0.939 bits per heavy atom. The lowest BCUT2D eigenvalue weighted by Crippen LogP contribution is -2.26. The molecule has 0 saturated carbocycles. The van der Waals surface area contributed by atoms with Crippen molar-refractivity contribution >= 4 is 21.6 Å². The smallest absolute Gasteiger partial charge is 0.418 e. The fraction of sp³-hybridized carbons (Fsp3) is 0.174. The third-order valence-electron chi connectivity index (χ3n) is 4.64. The summed E-state index contributed by atoms with van der Waals surface area (Å²) < 4.78 is 72.1. The largest absolute Gasteiger partial charge is 0.484 e. The lowest BCUT2D eigenvalue weighted by Gasteiger charge is -2.15. The van der Waals surface area contributed by atoms with E-state index in [1.807, 2.05) is 30.3 Å². The first-order valence-corrected chi connectivity index (χ1v) is 11.3. The number of carbonyl (C=O) groups excluding carboxylic acids is 1. The molecule has 0 aliphatic rings. The first kappa shape index (κ1) is 24.3. The summed E-state index contributed by atoms with van der Waals surface area (Å²) in [6.45, 7) is 1.17. The maximum absolute atomic E-state index is 13.0. The Labute approximate surface area is 189 Å². The number of sulfonamides is 1. The van der Waals surface area contributed by atoms with Gasteiger partial charge in [-0.25, -0.2) is 13.1 Å². The van der Waals surface area contributed by atoms with Crippen LogP contribution in [0.4, 0.5) is 18.9 Å². The minimum absolute atomic E-state index is 0.00110. The number of anilines is 1. The van der Waals surface area contributed by atoms with Crippen LogP contribution in [0.15, 0.2) is 83.8 Å². The number of hydrogen-bond donors (Lipinski definition) is 2. The lowest BCUT2D eigenvalue weighted by atomic mass is 10.1. The second-order valence-electron chi connectivity index (χ2n) is 7.11. The lowest BCUT2D eigenvalue weighted by molar-refractivity contribution is -0.137. The zero-order chi connectivity index (χ0) is 24.1. The Hall–Kier alpha value is -3.37. The molecule has 0 unspecified atom stereocenters. The molecule has 0 radical (unpaired) electrons. The molecule has 0 heterocycles.